The smallest absolute Gasteiger partial charge is 0.276 e. The van der Waals surface area contributed by atoms with Crippen LogP contribution in [-0.4, -0.2) is 40.3 Å². The van der Waals surface area contributed by atoms with E-state index in [9.17, 15) is 4.79 Å². The minimum absolute atomic E-state index is 0.248. The maximum atomic E-state index is 12.4. The molecule has 3 heterocycles. The van der Waals surface area contributed by atoms with E-state index in [1.54, 1.807) is 17.1 Å². The minimum Gasteiger partial charge on any atom is -0.493 e. The normalized spacial score (nSPS) is 15.5. The topological polar surface area (TPSA) is 75.9 Å². The molecule has 2 aromatic rings. The highest BCUT2D eigenvalue weighted by Gasteiger charge is 2.19. The Morgan fingerprint density at radius 3 is 3.12 bits per heavy atom. The SMILES string of the molecule is CC(C)SC1=NCC(NC(=O)c2csc(-c3ccc4c(c3)CCO4)n2)=N1. The van der Waals surface area contributed by atoms with Crippen molar-refractivity contribution >= 4 is 40.0 Å². The lowest BCUT2D eigenvalue weighted by atomic mass is 10.1. The lowest BCUT2D eigenvalue weighted by Crippen LogP contribution is -2.31. The Bertz CT molecular complexity index is 918. The van der Waals surface area contributed by atoms with Gasteiger partial charge in [0.25, 0.3) is 5.91 Å². The zero-order valence-corrected chi connectivity index (χ0v) is 16.1. The van der Waals surface area contributed by atoms with Gasteiger partial charge in [-0.25, -0.2) is 9.98 Å². The predicted octanol–water partition coefficient (Wildman–Crippen LogP) is 3.38. The number of hydrogen-bond donors (Lipinski definition) is 1. The van der Waals surface area contributed by atoms with Gasteiger partial charge < -0.3 is 10.1 Å². The molecule has 4 rings (SSSR count). The molecular weight excluding hydrogens is 368 g/mol. The molecule has 0 saturated carbocycles. The van der Waals surface area contributed by atoms with Gasteiger partial charge in [0, 0.05) is 22.6 Å². The lowest BCUT2D eigenvalue weighted by molar-refractivity contribution is 0.0972. The number of amides is 1. The van der Waals surface area contributed by atoms with E-state index in [1.165, 1.54) is 16.9 Å². The van der Waals surface area contributed by atoms with E-state index in [1.807, 2.05) is 12.1 Å². The third-order valence-corrected chi connectivity index (χ3v) is 5.66. The van der Waals surface area contributed by atoms with E-state index in [4.69, 9.17) is 4.74 Å². The Morgan fingerprint density at radius 2 is 2.27 bits per heavy atom. The van der Waals surface area contributed by atoms with Crippen LogP contribution in [0.2, 0.25) is 0 Å². The summed E-state index contributed by atoms with van der Waals surface area (Å²) in [5.41, 5.74) is 2.60. The first kappa shape index (κ1) is 17.2. The van der Waals surface area contributed by atoms with Crippen LogP contribution in [0.4, 0.5) is 0 Å². The number of carbonyl (C=O) groups is 1. The zero-order chi connectivity index (χ0) is 18.1. The first-order valence-electron chi connectivity index (χ1n) is 8.40. The van der Waals surface area contributed by atoms with Crippen LogP contribution >= 0.6 is 23.1 Å². The number of hydrogen-bond acceptors (Lipinski definition) is 7. The van der Waals surface area contributed by atoms with Gasteiger partial charge in [0.05, 0.1) is 6.61 Å². The summed E-state index contributed by atoms with van der Waals surface area (Å²) in [6, 6.07) is 6.04. The van der Waals surface area contributed by atoms with E-state index in [-0.39, 0.29) is 5.91 Å². The molecular formula is C18H18N4O2S2. The molecule has 8 heteroatoms. The van der Waals surface area contributed by atoms with Crippen molar-refractivity contribution in [2.24, 2.45) is 9.98 Å². The Balaban J connectivity index is 1.44. The molecule has 0 fully saturated rings. The maximum absolute atomic E-state index is 12.4. The zero-order valence-electron chi connectivity index (χ0n) is 14.5. The van der Waals surface area contributed by atoms with Gasteiger partial charge in [-0.2, -0.15) is 0 Å². The van der Waals surface area contributed by atoms with Gasteiger partial charge >= 0.3 is 0 Å². The number of nitrogens with one attached hydrogen (secondary N) is 1. The van der Waals surface area contributed by atoms with Crippen LogP contribution < -0.4 is 10.1 Å². The second-order valence-electron chi connectivity index (χ2n) is 6.24. The van der Waals surface area contributed by atoms with Crippen molar-refractivity contribution in [1.29, 1.82) is 0 Å². The number of benzene rings is 1. The first-order chi connectivity index (χ1) is 12.6. The molecule has 1 aromatic heterocycles. The second-order valence-corrected chi connectivity index (χ2v) is 8.64. The average Bonchev–Trinajstić information content (AvgIpc) is 3.34. The molecule has 1 amide bonds. The van der Waals surface area contributed by atoms with Crippen LogP contribution in [0.3, 0.4) is 0 Å². The summed E-state index contributed by atoms with van der Waals surface area (Å²) in [6.07, 6.45) is 0.915. The van der Waals surface area contributed by atoms with Crippen molar-refractivity contribution < 1.29 is 9.53 Å². The molecule has 6 nitrogen and oxygen atoms in total. The Morgan fingerprint density at radius 1 is 1.38 bits per heavy atom. The van der Waals surface area contributed by atoms with E-state index in [0.29, 0.717) is 23.3 Å². The fourth-order valence-electron chi connectivity index (χ4n) is 2.70. The summed E-state index contributed by atoms with van der Waals surface area (Å²) in [7, 11) is 0. The van der Waals surface area contributed by atoms with Gasteiger partial charge in [-0.15, -0.1) is 11.3 Å². The Kier molecular flexibility index (Phi) is 4.78. The molecule has 1 aromatic carbocycles. The number of thiazole rings is 1. The highest BCUT2D eigenvalue weighted by molar-refractivity contribution is 8.14. The lowest BCUT2D eigenvalue weighted by Gasteiger charge is -2.02. The van der Waals surface area contributed by atoms with Crippen LogP contribution in [0, 0.1) is 0 Å². The van der Waals surface area contributed by atoms with E-state index in [0.717, 1.165) is 34.5 Å². The predicted molar refractivity (Wildman–Crippen MR) is 107 cm³/mol. The second kappa shape index (κ2) is 7.20. The van der Waals surface area contributed by atoms with Gasteiger partial charge in [0.15, 0.2) is 5.17 Å². The van der Waals surface area contributed by atoms with E-state index < -0.39 is 0 Å². The average molecular weight is 387 g/mol. The van der Waals surface area contributed by atoms with Crippen molar-refractivity contribution in [3.05, 3.63) is 34.8 Å². The number of thioether (sulfide) groups is 1. The van der Waals surface area contributed by atoms with Crippen LogP contribution in [0.1, 0.15) is 29.9 Å². The fraction of sp³-hybridized carbons (Fsp3) is 0.333. The number of nitrogens with zero attached hydrogens (tertiary/aromatic N) is 3. The van der Waals surface area contributed by atoms with E-state index >= 15 is 0 Å². The Labute approximate surface area is 159 Å². The number of rotatable bonds is 3. The molecule has 0 saturated heterocycles. The van der Waals surface area contributed by atoms with E-state index in [2.05, 4.69) is 40.2 Å². The van der Waals surface area contributed by atoms with Crippen LogP contribution in [-0.2, 0) is 6.42 Å². The number of carbonyl (C=O) groups excluding carboxylic acids is 1. The first-order valence-corrected chi connectivity index (χ1v) is 10.2. The van der Waals surface area contributed by atoms with Gasteiger partial charge in [-0.3, -0.25) is 9.79 Å². The van der Waals surface area contributed by atoms with Gasteiger partial charge in [0.2, 0.25) is 0 Å². The summed E-state index contributed by atoms with van der Waals surface area (Å²) in [5, 5.41) is 6.53. The quantitative estimate of drug-likeness (QED) is 0.877. The molecule has 0 unspecified atom stereocenters. The molecule has 1 N–H and O–H groups in total. The fourth-order valence-corrected chi connectivity index (χ4v) is 4.22. The monoisotopic (exact) mass is 386 g/mol. The number of ether oxygens (including phenoxy) is 1. The summed E-state index contributed by atoms with van der Waals surface area (Å²) in [5.74, 6) is 1.27. The highest BCUT2D eigenvalue weighted by Crippen LogP contribution is 2.31. The molecule has 2 aliphatic rings. The summed E-state index contributed by atoms with van der Waals surface area (Å²) in [4.78, 5) is 25.6. The molecule has 0 atom stereocenters. The minimum atomic E-state index is -0.248. The van der Waals surface area contributed by atoms with Gasteiger partial charge in [-0.05, 0) is 23.8 Å². The van der Waals surface area contributed by atoms with Crippen LogP contribution in [0.5, 0.6) is 5.75 Å². The third-order valence-electron chi connectivity index (χ3n) is 3.87. The number of aliphatic imine (C=N–C) groups is 2. The van der Waals surface area contributed by atoms with Crippen molar-refractivity contribution in [3.63, 3.8) is 0 Å². The molecule has 0 spiro atoms. The molecule has 0 bridgehead atoms. The summed E-state index contributed by atoms with van der Waals surface area (Å²) < 4.78 is 5.53. The highest BCUT2D eigenvalue weighted by atomic mass is 32.2. The molecule has 134 valence electrons. The van der Waals surface area contributed by atoms with Crippen LogP contribution in [0.25, 0.3) is 10.6 Å². The summed E-state index contributed by atoms with van der Waals surface area (Å²) in [6.45, 7) is 5.30. The van der Waals surface area contributed by atoms with Crippen molar-refractivity contribution in [3.8, 4) is 16.3 Å². The number of amidine groups is 2. The van der Waals surface area contributed by atoms with Gasteiger partial charge in [0.1, 0.15) is 28.8 Å². The van der Waals surface area contributed by atoms with Gasteiger partial charge in [-0.1, -0.05) is 25.6 Å². The molecule has 0 aliphatic carbocycles. The van der Waals surface area contributed by atoms with Crippen molar-refractivity contribution in [2.75, 3.05) is 13.2 Å². The number of aromatic nitrogens is 1. The molecule has 26 heavy (non-hydrogen) atoms. The Hall–Kier alpha value is -2.19. The standard InChI is InChI=1S/C18H18N4O2S2/c1-10(2)26-18-19-8-15(22-18)21-16(23)13-9-25-17(20-13)12-3-4-14-11(7-12)5-6-24-14/h3-4,7,9-10H,5-6,8H2,1-2H3,(H,19,21,22,23). The third kappa shape index (κ3) is 3.66. The largest absolute Gasteiger partial charge is 0.493 e. The van der Waals surface area contributed by atoms with Crippen molar-refractivity contribution in [2.45, 2.75) is 25.5 Å². The van der Waals surface area contributed by atoms with Crippen molar-refractivity contribution in [1.82, 2.24) is 10.3 Å². The maximum Gasteiger partial charge on any atom is 0.276 e. The summed E-state index contributed by atoms with van der Waals surface area (Å²) >= 11 is 3.05. The molecule has 0 radical (unpaired) electrons. The number of fused-ring (bicyclic) bond motifs is 1. The van der Waals surface area contributed by atoms with Crippen LogP contribution in [0.15, 0.2) is 33.6 Å². The molecule has 2 aliphatic heterocycles.